The van der Waals surface area contributed by atoms with Crippen LogP contribution in [0.3, 0.4) is 0 Å². The first-order valence-electron chi connectivity index (χ1n) is 12.8. The van der Waals surface area contributed by atoms with E-state index in [0.717, 1.165) is 34.2 Å². The van der Waals surface area contributed by atoms with Crippen molar-refractivity contribution in [2.75, 3.05) is 13.6 Å². The normalized spacial score (nSPS) is 11.5. The summed E-state index contributed by atoms with van der Waals surface area (Å²) >= 11 is 0. The number of amides is 1. The second-order valence-electron chi connectivity index (χ2n) is 9.22. The summed E-state index contributed by atoms with van der Waals surface area (Å²) in [4.78, 5) is 14.9. The fourth-order valence-electron chi connectivity index (χ4n) is 4.27. The van der Waals surface area contributed by atoms with E-state index >= 15 is 0 Å². The number of benzene rings is 3. The average Bonchev–Trinajstić information content (AvgIpc) is 3.62. The molecule has 1 amide bonds. The Hall–Kier alpha value is -4.98. The van der Waals surface area contributed by atoms with Gasteiger partial charge in [-0.1, -0.05) is 78.9 Å². The van der Waals surface area contributed by atoms with Gasteiger partial charge in [-0.15, -0.1) is 5.10 Å². The summed E-state index contributed by atoms with van der Waals surface area (Å²) in [6.45, 7) is 1.39. The highest BCUT2D eigenvalue weighted by Gasteiger charge is 2.14. The second kappa shape index (κ2) is 12.5. The molecule has 8 nitrogen and oxygen atoms in total. The fourth-order valence-corrected chi connectivity index (χ4v) is 4.27. The zero-order valence-corrected chi connectivity index (χ0v) is 21.8. The Bertz CT molecular complexity index is 1560. The second-order valence-corrected chi connectivity index (χ2v) is 9.22. The Morgan fingerprint density at radius 2 is 1.72 bits per heavy atom. The Morgan fingerprint density at radius 3 is 2.46 bits per heavy atom. The summed E-state index contributed by atoms with van der Waals surface area (Å²) in [6.07, 6.45) is 10.4. The molecule has 5 aromatic rings. The predicted octanol–water partition coefficient (Wildman–Crippen LogP) is 5.16. The van der Waals surface area contributed by atoms with Crippen molar-refractivity contribution in [3.63, 3.8) is 0 Å². The molecular formula is C31H30N6O2. The van der Waals surface area contributed by atoms with E-state index in [1.54, 1.807) is 11.0 Å². The summed E-state index contributed by atoms with van der Waals surface area (Å²) in [6, 6.07) is 26.3. The van der Waals surface area contributed by atoms with E-state index in [1.807, 2.05) is 103 Å². The third-order valence-electron chi connectivity index (χ3n) is 6.44. The molecule has 1 N–H and O–H groups in total. The van der Waals surface area contributed by atoms with Crippen LogP contribution in [-0.2, 0) is 24.4 Å². The molecule has 0 saturated heterocycles. The quantitative estimate of drug-likeness (QED) is 0.244. The van der Waals surface area contributed by atoms with Gasteiger partial charge in [-0.05, 0) is 52.2 Å². The number of carbonyl (C=O) groups is 1. The van der Waals surface area contributed by atoms with E-state index in [4.69, 9.17) is 4.74 Å². The lowest BCUT2D eigenvalue weighted by Crippen LogP contribution is -2.31. The van der Waals surface area contributed by atoms with Crippen molar-refractivity contribution in [2.24, 2.45) is 0 Å². The molecule has 0 aliphatic rings. The SMILES string of the molecule is CN(CCc1ccccc1)C(=O)Cn1cc(/C=C/C=C/c2nnn[nH]2)c2cc(OCc3ccccc3)ccc21. The van der Waals surface area contributed by atoms with E-state index in [1.165, 1.54) is 5.56 Å². The summed E-state index contributed by atoms with van der Waals surface area (Å²) in [5.74, 6) is 1.40. The molecule has 3 aromatic carbocycles. The Morgan fingerprint density at radius 1 is 0.974 bits per heavy atom. The van der Waals surface area contributed by atoms with Crippen LogP contribution in [0.5, 0.6) is 5.75 Å². The van der Waals surface area contributed by atoms with Crippen LogP contribution in [0.2, 0.25) is 0 Å². The van der Waals surface area contributed by atoms with Crippen LogP contribution in [-0.4, -0.2) is 49.6 Å². The van der Waals surface area contributed by atoms with Crippen molar-refractivity contribution in [1.82, 2.24) is 30.1 Å². The fraction of sp³-hybridized carbons (Fsp3) is 0.161. The third kappa shape index (κ3) is 6.87. The van der Waals surface area contributed by atoms with Gasteiger partial charge < -0.3 is 14.2 Å². The number of tetrazole rings is 1. The van der Waals surface area contributed by atoms with Gasteiger partial charge in [0.1, 0.15) is 18.9 Å². The van der Waals surface area contributed by atoms with Gasteiger partial charge in [0.05, 0.1) is 0 Å². The molecule has 8 heteroatoms. The van der Waals surface area contributed by atoms with Crippen molar-refractivity contribution >= 4 is 29.0 Å². The number of likely N-dealkylation sites (N-methyl/N-ethyl adjacent to an activating group) is 1. The minimum absolute atomic E-state index is 0.0560. The van der Waals surface area contributed by atoms with Crippen molar-refractivity contribution < 1.29 is 9.53 Å². The van der Waals surface area contributed by atoms with Crippen LogP contribution in [0.4, 0.5) is 0 Å². The van der Waals surface area contributed by atoms with Gasteiger partial charge in [0.15, 0.2) is 5.82 Å². The van der Waals surface area contributed by atoms with Gasteiger partial charge >= 0.3 is 0 Å². The van der Waals surface area contributed by atoms with E-state index in [0.29, 0.717) is 19.0 Å². The highest BCUT2D eigenvalue weighted by atomic mass is 16.5. The number of ether oxygens (including phenoxy) is 1. The first-order chi connectivity index (χ1) is 19.2. The maximum Gasteiger partial charge on any atom is 0.242 e. The average molecular weight is 519 g/mol. The smallest absolute Gasteiger partial charge is 0.242 e. The molecule has 0 unspecified atom stereocenters. The number of H-pyrrole nitrogens is 1. The van der Waals surface area contributed by atoms with Crippen molar-refractivity contribution in [1.29, 1.82) is 0 Å². The highest BCUT2D eigenvalue weighted by molar-refractivity contribution is 5.92. The molecule has 2 heterocycles. The molecule has 0 atom stereocenters. The van der Waals surface area contributed by atoms with E-state index in [9.17, 15) is 4.79 Å². The van der Waals surface area contributed by atoms with Crippen LogP contribution in [0.1, 0.15) is 22.5 Å². The zero-order valence-electron chi connectivity index (χ0n) is 21.8. The Balaban J connectivity index is 1.35. The van der Waals surface area contributed by atoms with Gasteiger partial charge in [0.2, 0.25) is 5.91 Å². The maximum absolute atomic E-state index is 13.1. The van der Waals surface area contributed by atoms with Crippen LogP contribution >= 0.6 is 0 Å². The molecule has 0 radical (unpaired) electrons. The number of rotatable bonds is 11. The number of hydrogen-bond acceptors (Lipinski definition) is 5. The van der Waals surface area contributed by atoms with E-state index < -0.39 is 0 Å². The molecule has 0 bridgehead atoms. The molecule has 0 spiro atoms. The Labute approximate surface area is 227 Å². The summed E-state index contributed by atoms with van der Waals surface area (Å²) in [7, 11) is 1.86. The van der Waals surface area contributed by atoms with Crippen LogP contribution in [0.25, 0.3) is 23.1 Å². The number of hydrogen-bond donors (Lipinski definition) is 1. The van der Waals surface area contributed by atoms with Gasteiger partial charge in [-0.25, -0.2) is 5.10 Å². The Kier molecular flexibility index (Phi) is 8.23. The molecular weight excluding hydrogens is 488 g/mol. The predicted molar refractivity (Wildman–Crippen MR) is 153 cm³/mol. The number of allylic oxidation sites excluding steroid dienone is 2. The van der Waals surface area contributed by atoms with Crippen molar-refractivity contribution in [3.8, 4) is 5.75 Å². The number of nitrogens with one attached hydrogen (secondary N) is 1. The van der Waals surface area contributed by atoms with Crippen LogP contribution in [0, 0.1) is 0 Å². The maximum atomic E-state index is 13.1. The number of carbonyl (C=O) groups excluding carboxylic acids is 1. The molecule has 0 aliphatic carbocycles. The summed E-state index contributed by atoms with van der Waals surface area (Å²) < 4.78 is 8.08. The lowest BCUT2D eigenvalue weighted by Gasteiger charge is -2.18. The molecule has 0 aliphatic heterocycles. The van der Waals surface area contributed by atoms with Gasteiger partial charge in [0.25, 0.3) is 0 Å². The lowest BCUT2D eigenvalue weighted by molar-refractivity contribution is -0.130. The van der Waals surface area contributed by atoms with Crippen molar-refractivity contribution in [2.45, 2.75) is 19.6 Å². The summed E-state index contributed by atoms with van der Waals surface area (Å²) in [5, 5.41) is 14.7. The number of nitrogens with zero attached hydrogens (tertiary/aromatic N) is 5. The first kappa shape index (κ1) is 25.7. The molecule has 0 saturated carbocycles. The van der Waals surface area contributed by atoms with Crippen molar-refractivity contribution in [3.05, 3.63) is 120 Å². The number of aromatic nitrogens is 5. The molecule has 2 aromatic heterocycles. The minimum atomic E-state index is 0.0560. The van der Waals surface area contributed by atoms with Crippen LogP contribution in [0.15, 0.2) is 97.2 Å². The molecule has 0 fully saturated rings. The minimum Gasteiger partial charge on any atom is -0.489 e. The summed E-state index contributed by atoms with van der Waals surface area (Å²) in [5.41, 5.74) is 4.27. The number of fused-ring (bicyclic) bond motifs is 1. The molecule has 5 rings (SSSR count). The largest absolute Gasteiger partial charge is 0.489 e. The first-order valence-corrected chi connectivity index (χ1v) is 12.8. The highest BCUT2D eigenvalue weighted by Crippen LogP contribution is 2.28. The molecule has 39 heavy (non-hydrogen) atoms. The van der Waals surface area contributed by atoms with E-state index in [-0.39, 0.29) is 12.5 Å². The topological polar surface area (TPSA) is 88.9 Å². The van der Waals surface area contributed by atoms with Gasteiger partial charge in [-0.3, -0.25) is 4.79 Å². The lowest BCUT2D eigenvalue weighted by atomic mass is 10.1. The van der Waals surface area contributed by atoms with Gasteiger partial charge in [-0.2, -0.15) is 0 Å². The monoisotopic (exact) mass is 518 g/mol. The standard InChI is InChI=1S/C31H30N6O2/c1-36(19-18-24-10-4-2-5-11-24)31(38)22-37-21-26(14-8-9-15-30-32-34-35-33-30)28-20-27(16-17-29(28)37)39-23-25-12-6-3-7-13-25/h2-17,20-21H,18-19,22-23H2,1H3,(H,32,33,34,35)/b14-8+,15-9+. The zero-order chi connectivity index (χ0) is 26.9. The van der Waals surface area contributed by atoms with E-state index in [2.05, 4.69) is 32.8 Å². The van der Waals surface area contributed by atoms with Gasteiger partial charge in [0, 0.05) is 36.3 Å². The molecule has 196 valence electrons. The van der Waals surface area contributed by atoms with Crippen LogP contribution < -0.4 is 4.74 Å². The number of aromatic amines is 1. The third-order valence-corrected chi connectivity index (χ3v) is 6.44.